The summed E-state index contributed by atoms with van der Waals surface area (Å²) in [5, 5.41) is 0.971. The van der Waals surface area contributed by atoms with Crippen molar-refractivity contribution in [2.24, 2.45) is 0 Å². The van der Waals surface area contributed by atoms with Crippen molar-refractivity contribution in [1.82, 2.24) is 15.0 Å². The van der Waals surface area contributed by atoms with Gasteiger partial charge in [-0.05, 0) is 64.2 Å². The zero-order valence-corrected chi connectivity index (χ0v) is 24.6. The Hall–Kier alpha value is -5.61. The van der Waals surface area contributed by atoms with E-state index in [1.54, 1.807) is 0 Å². The number of benzene rings is 5. The molecule has 44 heavy (non-hydrogen) atoms. The molecule has 0 atom stereocenters. The van der Waals surface area contributed by atoms with Gasteiger partial charge in [0.05, 0.1) is 16.9 Å². The van der Waals surface area contributed by atoms with Gasteiger partial charge < -0.3 is 0 Å². The highest BCUT2D eigenvalue weighted by Crippen LogP contribution is 2.54. The average Bonchev–Trinajstić information content (AvgIpc) is 3.32. The zero-order valence-electron chi connectivity index (χ0n) is 24.6. The molecule has 0 N–H and O–H groups in total. The zero-order chi connectivity index (χ0) is 29.7. The molecular formula is C40H30N4. The van der Waals surface area contributed by atoms with E-state index in [1.807, 2.05) is 42.6 Å². The monoisotopic (exact) mass is 566 g/mol. The number of rotatable bonds is 5. The van der Waals surface area contributed by atoms with Crippen molar-refractivity contribution in [1.29, 1.82) is 0 Å². The molecule has 2 heterocycles. The van der Waals surface area contributed by atoms with Crippen LogP contribution >= 0.6 is 0 Å². The van der Waals surface area contributed by atoms with Gasteiger partial charge in [-0.15, -0.1) is 0 Å². The van der Waals surface area contributed by atoms with Gasteiger partial charge in [0.2, 0.25) is 5.95 Å². The largest absolute Gasteiger partial charge is 0.279 e. The molecule has 1 aliphatic rings. The van der Waals surface area contributed by atoms with Crippen molar-refractivity contribution in [3.63, 3.8) is 0 Å². The summed E-state index contributed by atoms with van der Waals surface area (Å²) in [6.45, 7) is 4.62. The Morgan fingerprint density at radius 2 is 1.27 bits per heavy atom. The molecule has 5 aromatic carbocycles. The Morgan fingerprint density at radius 3 is 2.09 bits per heavy atom. The third-order valence-electron chi connectivity index (χ3n) is 8.76. The molecule has 0 radical (unpaired) electrons. The number of nitrogens with zero attached hydrogens (tertiary/aromatic N) is 4. The fourth-order valence-electron chi connectivity index (χ4n) is 6.58. The molecule has 0 fully saturated rings. The molecule has 0 saturated heterocycles. The Balaban J connectivity index is 1.40. The van der Waals surface area contributed by atoms with E-state index in [4.69, 9.17) is 9.97 Å². The number of para-hydroxylation sites is 1. The standard InChI is InChI=1S/C40H30N4/c1-40(2)32-17-8-6-15-30(32)37-33(40)18-12-21-36(37)44(29-24-22-28(23-25-29)27-13-4-3-5-14-27)39-42-34-19-9-7-16-31(34)38(43-39)35-20-10-11-26-41-35/h3-26H,1-2H3. The predicted molar refractivity (Wildman–Crippen MR) is 180 cm³/mol. The van der Waals surface area contributed by atoms with Gasteiger partial charge in [0.15, 0.2) is 0 Å². The van der Waals surface area contributed by atoms with Crippen LogP contribution in [0.15, 0.2) is 146 Å². The van der Waals surface area contributed by atoms with Gasteiger partial charge >= 0.3 is 0 Å². The Bertz CT molecular complexity index is 2140. The second-order valence-corrected chi connectivity index (χ2v) is 11.7. The number of fused-ring (bicyclic) bond motifs is 4. The lowest BCUT2D eigenvalue weighted by atomic mass is 9.82. The smallest absolute Gasteiger partial charge is 0.235 e. The van der Waals surface area contributed by atoms with Gasteiger partial charge in [0.25, 0.3) is 0 Å². The van der Waals surface area contributed by atoms with Gasteiger partial charge in [-0.25, -0.2) is 9.97 Å². The van der Waals surface area contributed by atoms with E-state index in [1.165, 1.54) is 27.8 Å². The van der Waals surface area contributed by atoms with Crippen molar-refractivity contribution < 1.29 is 0 Å². The minimum atomic E-state index is -0.131. The number of anilines is 3. The first-order chi connectivity index (χ1) is 21.6. The molecule has 0 bridgehead atoms. The molecule has 210 valence electrons. The van der Waals surface area contributed by atoms with Crippen LogP contribution in [0, 0.1) is 0 Å². The van der Waals surface area contributed by atoms with Crippen molar-refractivity contribution in [3.8, 4) is 33.6 Å². The molecule has 0 unspecified atom stereocenters. The Labute approximate surface area is 257 Å². The lowest BCUT2D eigenvalue weighted by Gasteiger charge is -2.27. The van der Waals surface area contributed by atoms with Crippen LogP contribution in [0.2, 0.25) is 0 Å². The summed E-state index contributed by atoms with van der Waals surface area (Å²) in [4.78, 5) is 17.4. The minimum absolute atomic E-state index is 0.131. The molecule has 2 aromatic heterocycles. The Kier molecular flexibility index (Phi) is 6.09. The SMILES string of the molecule is CC1(C)c2ccccc2-c2c(N(c3ccc(-c4ccccc4)cc3)c3nc(-c4ccccn4)c4ccccc4n3)cccc21. The summed E-state index contributed by atoms with van der Waals surface area (Å²) < 4.78 is 0. The normalized spacial score (nSPS) is 13.0. The Morgan fingerprint density at radius 1 is 0.568 bits per heavy atom. The van der Waals surface area contributed by atoms with Crippen LogP contribution in [0.5, 0.6) is 0 Å². The second kappa shape index (κ2) is 10.3. The van der Waals surface area contributed by atoms with Gasteiger partial charge in [-0.3, -0.25) is 9.88 Å². The quantitative estimate of drug-likeness (QED) is 0.208. The summed E-state index contributed by atoms with van der Waals surface area (Å²) in [5.41, 5.74) is 11.8. The highest BCUT2D eigenvalue weighted by atomic mass is 15.3. The lowest BCUT2D eigenvalue weighted by Crippen LogP contribution is -2.17. The summed E-state index contributed by atoms with van der Waals surface area (Å²) in [6, 6.07) is 48.7. The van der Waals surface area contributed by atoms with Crippen LogP contribution in [0.25, 0.3) is 44.5 Å². The highest BCUT2D eigenvalue weighted by molar-refractivity contribution is 5.97. The first-order valence-electron chi connectivity index (χ1n) is 15.0. The molecular weight excluding hydrogens is 536 g/mol. The van der Waals surface area contributed by atoms with Crippen molar-refractivity contribution in [2.75, 3.05) is 4.90 Å². The fraction of sp³-hybridized carbons (Fsp3) is 0.0750. The summed E-state index contributed by atoms with van der Waals surface area (Å²) >= 11 is 0. The molecule has 8 rings (SSSR count). The van der Waals surface area contributed by atoms with E-state index in [2.05, 4.69) is 127 Å². The molecule has 1 aliphatic carbocycles. The third-order valence-corrected chi connectivity index (χ3v) is 8.76. The van der Waals surface area contributed by atoms with Crippen LogP contribution in [0.4, 0.5) is 17.3 Å². The topological polar surface area (TPSA) is 41.9 Å². The van der Waals surface area contributed by atoms with Crippen molar-refractivity contribution >= 4 is 28.2 Å². The van der Waals surface area contributed by atoms with Crippen LogP contribution < -0.4 is 4.90 Å². The molecule has 0 amide bonds. The molecule has 7 aromatic rings. The van der Waals surface area contributed by atoms with Crippen LogP contribution in [-0.2, 0) is 5.41 Å². The maximum Gasteiger partial charge on any atom is 0.235 e. The van der Waals surface area contributed by atoms with E-state index in [-0.39, 0.29) is 5.41 Å². The molecule has 0 spiro atoms. The van der Waals surface area contributed by atoms with Crippen molar-refractivity contribution in [3.05, 3.63) is 157 Å². The molecule has 4 heteroatoms. The van der Waals surface area contributed by atoms with E-state index >= 15 is 0 Å². The molecule has 0 saturated carbocycles. The van der Waals surface area contributed by atoms with E-state index in [9.17, 15) is 0 Å². The van der Waals surface area contributed by atoms with Crippen LogP contribution in [-0.4, -0.2) is 15.0 Å². The minimum Gasteiger partial charge on any atom is -0.279 e. The molecule has 0 aliphatic heterocycles. The number of aromatic nitrogens is 3. The maximum atomic E-state index is 5.27. The first-order valence-corrected chi connectivity index (χ1v) is 15.0. The van der Waals surface area contributed by atoms with E-state index < -0.39 is 0 Å². The number of hydrogen-bond acceptors (Lipinski definition) is 4. The third kappa shape index (κ3) is 4.18. The number of hydrogen-bond donors (Lipinski definition) is 0. The highest BCUT2D eigenvalue weighted by Gasteiger charge is 2.38. The van der Waals surface area contributed by atoms with Crippen LogP contribution in [0.3, 0.4) is 0 Å². The van der Waals surface area contributed by atoms with E-state index in [0.29, 0.717) is 5.95 Å². The first kappa shape index (κ1) is 26.1. The average molecular weight is 567 g/mol. The van der Waals surface area contributed by atoms with Gasteiger partial charge in [0, 0.05) is 28.2 Å². The van der Waals surface area contributed by atoms with Gasteiger partial charge in [-0.2, -0.15) is 0 Å². The summed E-state index contributed by atoms with van der Waals surface area (Å²) in [5.74, 6) is 0.604. The van der Waals surface area contributed by atoms with Crippen molar-refractivity contribution in [2.45, 2.75) is 19.3 Å². The van der Waals surface area contributed by atoms with Gasteiger partial charge in [-0.1, -0.05) is 117 Å². The second-order valence-electron chi connectivity index (χ2n) is 11.7. The van der Waals surface area contributed by atoms with Gasteiger partial charge in [0.1, 0.15) is 5.69 Å². The lowest BCUT2D eigenvalue weighted by molar-refractivity contribution is 0.660. The predicted octanol–water partition coefficient (Wildman–Crippen LogP) is 10.1. The molecule has 4 nitrogen and oxygen atoms in total. The van der Waals surface area contributed by atoms with E-state index in [0.717, 1.165) is 39.2 Å². The number of pyridine rings is 1. The fourth-order valence-corrected chi connectivity index (χ4v) is 6.58. The summed E-state index contributed by atoms with van der Waals surface area (Å²) in [7, 11) is 0. The van der Waals surface area contributed by atoms with Crippen LogP contribution in [0.1, 0.15) is 25.0 Å². The maximum absolute atomic E-state index is 5.27. The summed E-state index contributed by atoms with van der Waals surface area (Å²) in [6.07, 6.45) is 1.81.